The van der Waals surface area contributed by atoms with E-state index in [9.17, 15) is 9.90 Å². The number of hydrogen-bond donors (Lipinski definition) is 1. The molecule has 1 aliphatic rings. The number of benzene rings is 2. The third-order valence-corrected chi connectivity index (χ3v) is 4.34. The molecule has 1 aromatic heterocycles. The maximum Gasteiger partial charge on any atom is 0.336 e. The molecule has 0 radical (unpaired) electrons. The summed E-state index contributed by atoms with van der Waals surface area (Å²) in [6.07, 6.45) is 3.44. The van der Waals surface area contributed by atoms with Crippen LogP contribution in [-0.4, -0.2) is 16.1 Å². The van der Waals surface area contributed by atoms with Gasteiger partial charge in [0.2, 0.25) is 0 Å². The summed E-state index contributed by atoms with van der Waals surface area (Å²) in [7, 11) is 0. The van der Waals surface area contributed by atoms with Crippen molar-refractivity contribution in [2.75, 3.05) is 0 Å². The fraction of sp³-hybridized carbons (Fsp3) is 0.158. The van der Waals surface area contributed by atoms with Gasteiger partial charge in [0.1, 0.15) is 0 Å². The van der Waals surface area contributed by atoms with Gasteiger partial charge in [-0.05, 0) is 48.6 Å². The largest absolute Gasteiger partial charge is 0.478 e. The molecule has 0 fully saturated rings. The molecule has 0 atom stereocenters. The molecule has 3 aromatic rings. The molecule has 1 N–H and O–H groups in total. The van der Waals surface area contributed by atoms with Crippen LogP contribution in [0.15, 0.2) is 48.5 Å². The summed E-state index contributed by atoms with van der Waals surface area (Å²) < 4.78 is 0. The van der Waals surface area contributed by atoms with Crippen molar-refractivity contribution in [2.24, 2.45) is 0 Å². The second kappa shape index (κ2) is 4.95. The third-order valence-electron chi connectivity index (χ3n) is 4.34. The molecule has 22 heavy (non-hydrogen) atoms. The van der Waals surface area contributed by atoms with Crippen molar-refractivity contribution >= 4 is 16.9 Å². The SMILES string of the molecule is O=C(O)c1cc(-c2ccc3c(c2)CCC3)nc2ccccc12. The Bertz CT molecular complexity index is 899. The molecule has 0 saturated heterocycles. The molecule has 2 aromatic carbocycles. The zero-order chi connectivity index (χ0) is 15.1. The Morgan fingerprint density at radius 3 is 2.68 bits per heavy atom. The Morgan fingerprint density at radius 1 is 1.00 bits per heavy atom. The number of rotatable bonds is 2. The van der Waals surface area contributed by atoms with Gasteiger partial charge in [-0.25, -0.2) is 9.78 Å². The van der Waals surface area contributed by atoms with E-state index in [0.717, 1.165) is 29.6 Å². The highest BCUT2D eigenvalue weighted by Crippen LogP contribution is 2.29. The van der Waals surface area contributed by atoms with Gasteiger partial charge in [0.05, 0.1) is 16.8 Å². The van der Waals surface area contributed by atoms with Crippen molar-refractivity contribution in [3.05, 3.63) is 65.2 Å². The summed E-state index contributed by atoms with van der Waals surface area (Å²) in [4.78, 5) is 16.2. The number of carbonyl (C=O) groups is 1. The molecule has 3 heteroatoms. The highest BCUT2D eigenvalue weighted by molar-refractivity contribution is 6.03. The zero-order valence-electron chi connectivity index (χ0n) is 12.0. The van der Waals surface area contributed by atoms with E-state index in [1.54, 1.807) is 12.1 Å². The van der Waals surface area contributed by atoms with Gasteiger partial charge in [0.25, 0.3) is 0 Å². The number of aryl methyl sites for hydroxylation is 2. The van der Waals surface area contributed by atoms with Crippen molar-refractivity contribution in [3.8, 4) is 11.3 Å². The molecule has 3 nitrogen and oxygen atoms in total. The number of carboxylic acids is 1. The minimum atomic E-state index is -0.916. The van der Waals surface area contributed by atoms with Gasteiger partial charge < -0.3 is 5.11 Å². The van der Waals surface area contributed by atoms with Crippen molar-refractivity contribution in [1.29, 1.82) is 0 Å². The Kier molecular flexibility index (Phi) is 2.93. The summed E-state index contributed by atoms with van der Waals surface area (Å²) in [5.41, 5.74) is 5.52. The second-order valence-electron chi connectivity index (χ2n) is 5.71. The molecule has 0 aliphatic heterocycles. The zero-order valence-corrected chi connectivity index (χ0v) is 12.0. The minimum absolute atomic E-state index is 0.307. The van der Waals surface area contributed by atoms with Crippen LogP contribution in [0.5, 0.6) is 0 Å². The number of para-hydroxylation sites is 1. The first-order valence-corrected chi connectivity index (χ1v) is 7.47. The smallest absolute Gasteiger partial charge is 0.336 e. The van der Waals surface area contributed by atoms with Gasteiger partial charge in [-0.3, -0.25) is 0 Å². The van der Waals surface area contributed by atoms with E-state index >= 15 is 0 Å². The lowest BCUT2D eigenvalue weighted by Crippen LogP contribution is -2.00. The fourth-order valence-corrected chi connectivity index (χ4v) is 3.23. The summed E-state index contributed by atoms with van der Waals surface area (Å²) >= 11 is 0. The second-order valence-corrected chi connectivity index (χ2v) is 5.71. The number of fused-ring (bicyclic) bond motifs is 2. The van der Waals surface area contributed by atoms with Crippen LogP contribution < -0.4 is 0 Å². The topological polar surface area (TPSA) is 50.2 Å². The molecule has 0 amide bonds. The van der Waals surface area contributed by atoms with Crippen molar-refractivity contribution in [2.45, 2.75) is 19.3 Å². The van der Waals surface area contributed by atoms with Crippen LogP contribution in [0.3, 0.4) is 0 Å². The van der Waals surface area contributed by atoms with Crippen molar-refractivity contribution in [3.63, 3.8) is 0 Å². The molecule has 1 aliphatic carbocycles. The molecule has 0 saturated carbocycles. The lowest BCUT2D eigenvalue weighted by atomic mass is 10.0. The van der Waals surface area contributed by atoms with Gasteiger partial charge >= 0.3 is 5.97 Å². The number of aromatic carboxylic acids is 1. The molecular formula is C19H15NO2. The van der Waals surface area contributed by atoms with Crippen molar-refractivity contribution in [1.82, 2.24) is 4.98 Å². The van der Waals surface area contributed by atoms with E-state index in [-0.39, 0.29) is 0 Å². The Balaban J connectivity index is 1.93. The molecular weight excluding hydrogens is 274 g/mol. The van der Waals surface area contributed by atoms with E-state index < -0.39 is 5.97 Å². The first kappa shape index (κ1) is 13.0. The van der Waals surface area contributed by atoms with Crippen LogP contribution in [0.1, 0.15) is 27.9 Å². The number of aromatic nitrogens is 1. The third kappa shape index (κ3) is 2.06. The van der Waals surface area contributed by atoms with E-state index in [4.69, 9.17) is 0 Å². The van der Waals surface area contributed by atoms with Crippen LogP contribution in [0.2, 0.25) is 0 Å². The van der Waals surface area contributed by atoms with Crippen LogP contribution in [-0.2, 0) is 12.8 Å². The molecule has 1 heterocycles. The number of pyridine rings is 1. The Hall–Kier alpha value is -2.68. The summed E-state index contributed by atoms with van der Waals surface area (Å²) in [5.74, 6) is -0.916. The summed E-state index contributed by atoms with van der Waals surface area (Å²) in [6.45, 7) is 0. The molecule has 0 spiro atoms. The van der Waals surface area contributed by atoms with E-state index in [1.165, 1.54) is 17.5 Å². The molecule has 0 unspecified atom stereocenters. The van der Waals surface area contributed by atoms with E-state index in [2.05, 4.69) is 17.1 Å². The van der Waals surface area contributed by atoms with Gasteiger partial charge in [0, 0.05) is 10.9 Å². The van der Waals surface area contributed by atoms with Crippen molar-refractivity contribution < 1.29 is 9.90 Å². The average molecular weight is 289 g/mol. The summed E-state index contributed by atoms with van der Waals surface area (Å²) in [6, 6.07) is 15.4. The van der Waals surface area contributed by atoms with Gasteiger partial charge in [0.15, 0.2) is 0 Å². The Labute approximate surface area is 128 Å². The maximum absolute atomic E-state index is 11.6. The summed E-state index contributed by atoms with van der Waals surface area (Å²) in [5, 5.41) is 10.2. The molecule has 108 valence electrons. The number of hydrogen-bond acceptors (Lipinski definition) is 2. The van der Waals surface area contributed by atoms with Crippen LogP contribution in [0.25, 0.3) is 22.2 Å². The highest BCUT2D eigenvalue weighted by atomic mass is 16.4. The lowest BCUT2D eigenvalue weighted by molar-refractivity contribution is 0.0699. The number of carboxylic acid groups (broad SMARTS) is 1. The van der Waals surface area contributed by atoms with E-state index in [1.807, 2.05) is 24.3 Å². The lowest BCUT2D eigenvalue weighted by Gasteiger charge is -2.08. The van der Waals surface area contributed by atoms with Gasteiger partial charge in [-0.15, -0.1) is 0 Å². The normalized spacial score (nSPS) is 13.3. The first-order chi connectivity index (χ1) is 10.7. The van der Waals surface area contributed by atoms with E-state index in [0.29, 0.717) is 10.9 Å². The standard InChI is InChI=1S/C19H15NO2/c21-19(22)16-11-18(20-17-7-2-1-6-15(16)17)14-9-8-12-4-3-5-13(12)10-14/h1-2,6-11H,3-5H2,(H,21,22). The van der Waals surface area contributed by atoms with Crippen LogP contribution >= 0.6 is 0 Å². The maximum atomic E-state index is 11.6. The molecule has 0 bridgehead atoms. The van der Waals surface area contributed by atoms with Crippen LogP contribution in [0, 0.1) is 0 Å². The monoisotopic (exact) mass is 289 g/mol. The Morgan fingerprint density at radius 2 is 1.82 bits per heavy atom. The average Bonchev–Trinajstić information content (AvgIpc) is 3.01. The first-order valence-electron chi connectivity index (χ1n) is 7.47. The minimum Gasteiger partial charge on any atom is -0.478 e. The number of nitrogens with zero attached hydrogens (tertiary/aromatic N) is 1. The van der Waals surface area contributed by atoms with Crippen LogP contribution in [0.4, 0.5) is 0 Å². The van der Waals surface area contributed by atoms with Gasteiger partial charge in [-0.2, -0.15) is 0 Å². The predicted molar refractivity (Wildman–Crippen MR) is 86.2 cm³/mol. The predicted octanol–water partition coefficient (Wildman–Crippen LogP) is 4.09. The van der Waals surface area contributed by atoms with Gasteiger partial charge in [-0.1, -0.05) is 30.3 Å². The quantitative estimate of drug-likeness (QED) is 0.773. The highest BCUT2D eigenvalue weighted by Gasteiger charge is 2.15. The molecule has 4 rings (SSSR count). The fourth-order valence-electron chi connectivity index (χ4n) is 3.23.